The van der Waals surface area contributed by atoms with Crippen LogP contribution in [0.15, 0.2) is 65.5 Å². The molecule has 0 radical (unpaired) electrons. The third-order valence-electron chi connectivity index (χ3n) is 7.39. The van der Waals surface area contributed by atoms with Crippen LogP contribution in [0.2, 0.25) is 0 Å². The van der Waals surface area contributed by atoms with Gasteiger partial charge in [0.2, 0.25) is 0 Å². The van der Waals surface area contributed by atoms with Crippen LogP contribution in [0.5, 0.6) is 0 Å². The number of carboxylic acids is 1. The number of hydrogen-bond acceptors (Lipinski definition) is 3. The summed E-state index contributed by atoms with van der Waals surface area (Å²) in [7, 11) is 0. The highest BCUT2D eigenvalue weighted by Crippen LogP contribution is 2.52. The largest absolute Gasteiger partial charge is 0.477 e. The minimum absolute atomic E-state index is 0.0771. The van der Waals surface area contributed by atoms with E-state index >= 15 is 0 Å². The van der Waals surface area contributed by atoms with Crippen LogP contribution in [0.4, 0.5) is 0 Å². The Bertz CT molecular complexity index is 1230. The number of para-hydroxylation sites is 1. The number of hydrogen-bond donors (Lipinski definition) is 4. The maximum absolute atomic E-state index is 13.4. The number of benzene rings is 1. The van der Waals surface area contributed by atoms with Gasteiger partial charge in [-0.1, -0.05) is 38.1 Å². The van der Waals surface area contributed by atoms with Crippen LogP contribution >= 0.6 is 0 Å². The summed E-state index contributed by atoms with van der Waals surface area (Å²) >= 11 is 0. The summed E-state index contributed by atoms with van der Waals surface area (Å²) in [5.74, 6) is -1.21. The molecule has 0 saturated heterocycles. The second-order valence-corrected chi connectivity index (χ2v) is 10.2. The molecular weight excluding hydrogens is 404 g/mol. The molecule has 0 spiro atoms. The zero-order chi connectivity index (χ0) is 22.8. The Hall–Kier alpha value is -2.96. The van der Waals surface area contributed by atoms with Gasteiger partial charge in [-0.2, -0.15) is 0 Å². The van der Waals surface area contributed by atoms with Gasteiger partial charge in [0.25, 0.3) is 0 Å². The lowest BCUT2D eigenvalue weighted by Crippen LogP contribution is -3.13. The number of Topliss-reactive ketones (excluding diaryl/α,β-unsaturated/α-hetero) is 1. The van der Waals surface area contributed by atoms with Gasteiger partial charge in [-0.25, -0.2) is 4.79 Å². The summed E-state index contributed by atoms with van der Waals surface area (Å²) in [6.45, 7) is 6.35. The SMILES string of the molecule is CC1(C)C=C2C(=O)C3=C[NH+]([C@@H](Cc4c[nH]c5ccccc45)C(=O)O)CC=C3[C@](C)(O)[C@H]2C1. The van der Waals surface area contributed by atoms with Gasteiger partial charge in [-0.3, -0.25) is 9.69 Å². The normalized spacial score (nSPS) is 29.6. The van der Waals surface area contributed by atoms with E-state index in [1.165, 1.54) is 0 Å². The number of aliphatic hydroxyl groups is 1. The van der Waals surface area contributed by atoms with Crippen molar-refractivity contribution in [3.05, 3.63) is 71.1 Å². The molecule has 166 valence electrons. The number of aromatic amines is 1. The molecule has 5 rings (SSSR count). The highest BCUT2D eigenvalue weighted by atomic mass is 16.4. The van der Waals surface area contributed by atoms with Crippen LogP contribution in [0.1, 0.15) is 32.8 Å². The van der Waals surface area contributed by atoms with E-state index in [0.717, 1.165) is 22.9 Å². The minimum Gasteiger partial charge on any atom is -0.477 e. The first-order valence-corrected chi connectivity index (χ1v) is 11.1. The number of aliphatic carboxylic acids is 1. The van der Waals surface area contributed by atoms with Crippen LogP contribution in [-0.4, -0.2) is 45.1 Å². The van der Waals surface area contributed by atoms with E-state index in [9.17, 15) is 19.8 Å². The lowest BCUT2D eigenvalue weighted by Gasteiger charge is -2.41. The third kappa shape index (κ3) is 3.17. The summed E-state index contributed by atoms with van der Waals surface area (Å²) in [6, 6.07) is 7.09. The number of nitrogens with one attached hydrogen (secondary N) is 2. The molecule has 1 aromatic carbocycles. The number of quaternary nitrogens is 1. The molecule has 2 aliphatic carbocycles. The fourth-order valence-electron chi connectivity index (χ4n) is 5.74. The maximum Gasteiger partial charge on any atom is 0.363 e. The van der Waals surface area contributed by atoms with Gasteiger partial charge < -0.3 is 15.2 Å². The second kappa shape index (κ2) is 7.02. The van der Waals surface area contributed by atoms with Crippen molar-refractivity contribution in [3.63, 3.8) is 0 Å². The van der Waals surface area contributed by atoms with Gasteiger partial charge in [0.1, 0.15) is 12.7 Å². The predicted octanol–water partition coefficient (Wildman–Crippen LogP) is 2.18. The second-order valence-electron chi connectivity index (χ2n) is 10.2. The van der Waals surface area contributed by atoms with Gasteiger partial charge in [0, 0.05) is 40.6 Å². The quantitative estimate of drug-likeness (QED) is 0.595. The Morgan fingerprint density at radius 1 is 1.28 bits per heavy atom. The molecule has 6 heteroatoms. The molecule has 1 aliphatic heterocycles. The van der Waals surface area contributed by atoms with Crippen LogP contribution in [0.25, 0.3) is 10.9 Å². The lowest BCUT2D eigenvalue weighted by atomic mass is 9.67. The number of allylic oxidation sites excluding steroid dienone is 1. The summed E-state index contributed by atoms with van der Waals surface area (Å²) in [6.07, 6.45) is 8.52. The summed E-state index contributed by atoms with van der Waals surface area (Å²) < 4.78 is 0. The number of rotatable bonds is 4. The van der Waals surface area contributed by atoms with Gasteiger partial charge in [-0.15, -0.1) is 0 Å². The molecule has 4 atom stereocenters. The summed E-state index contributed by atoms with van der Waals surface area (Å²) in [5, 5.41) is 22.5. The zero-order valence-electron chi connectivity index (χ0n) is 18.6. The first kappa shape index (κ1) is 20.9. The van der Waals surface area contributed by atoms with E-state index < -0.39 is 17.6 Å². The molecule has 4 N–H and O–H groups in total. The Kier molecular flexibility index (Phi) is 4.59. The molecule has 32 heavy (non-hydrogen) atoms. The van der Waals surface area contributed by atoms with E-state index in [4.69, 9.17) is 0 Å². The van der Waals surface area contributed by atoms with Crippen LogP contribution in [0, 0.1) is 11.3 Å². The molecule has 1 saturated carbocycles. The lowest BCUT2D eigenvalue weighted by molar-refractivity contribution is -0.859. The average molecular weight is 434 g/mol. The maximum atomic E-state index is 13.4. The molecule has 2 aromatic rings. The van der Waals surface area contributed by atoms with E-state index in [0.29, 0.717) is 34.6 Å². The molecular formula is C26H29N2O4+. The van der Waals surface area contributed by atoms with Crippen molar-refractivity contribution in [3.8, 4) is 0 Å². The first-order valence-electron chi connectivity index (χ1n) is 11.1. The Labute approximate surface area is 186 Å². The highest BCUT2D eigenvalue weighted by Gasteiger charge is 2.53. The fourth-order valence-corrected chi connectivity index (χ4v) is 5.74. The Morgan fingerprint density at radius 3 is 2.78 bits per heavy atom. The van der Waals surface area contributed by atoms with Gasteiger partial charge in [-0.05, 0) is 36.5 Å². The van der Waals surface area contributed by atoms with Crippen molar-refractivity contribution in [2.75, 3.05) is 6.54 Å². The topological polar surface area (TPSA) is 94.8 Å². The molecule has 1 unspecified atom stereocenters. The smallest absolute Gasteiger partial charge is 0.363 e. The van der Waals surface area contributed by atoms with Crippen molar-refractivity contribution in [1.29, 1.82) is 0 Å². The van der Waals surface area contributed by atoms with Crippen LogP contribution in [-0.2, 0) is 16.0 Å². The molecule has 1 fully saturated rings. The number of carbonyl (C=O) groups excluding carboxylic acids is 1. The number of aromatic nitrogens is 1. The summed E-state index contributed by atoms with van der Waals surface area (Å²) in [4.78, 5) is 29.6. The molecule has 2 heterocycles. The van der Waals surface area contributed by atoms with E-state index in [2.05, 4.69) is 18.8 Å². The fraction of sp³-hybridized carbons (Fsp3) is 0.385. The van der Waals surface area contributed by atoms with Crippen molar-refractivity contribution in [2.45, 2.75) is 45.3 Å². The zero-order valence-corrected chi connectivity index (χ0v) is 18.6. The number of carbonyl (C=O) groups is 2. The number of carboxylic acid groups (broad SMARTS) is 1. The monoisotopic (exact) mass is 433 g/mol. The van der Waals surface area contributed by atoms with Crippen molar-refractivity contribution in [1.82, 2.24) is 4.98 Å². The standard InChI is InChI=1S/C26H28N2O4/c1-25(2)11-17-20(12-25)26(3,32)19-8-9-28(14-18(19)23(17)29)22(24(30)31)10-15-13-27-21-7-5-4-6-16(15)21/h4-8,11,13-14,20,22,27,32H,9-10,12H2,1-3H3,(H,30,31)/p+1/t20-,22-,26-/m0/s1. The first-order chi connectivity index (χ1) is 15.1. The van der Waals surface area contributed by atoms with Crippen molar-refractivity contribution >= 4 is 22.7 Å². The van der Waals surface area contributed by atoms with E-state index in [-0.39, 0.29) is 17.1 Å². The van der Waals surface area contributed by atoms with Gasteiger partial charge in [0.05, 0.1) is 11.2 Å². The number of fused-ring (bicyclic) bond motifs is 3. The van der Waals surface area contributed by atoms with Gasteiger partial charge >= 0.3 is 5.97 Å². The molecule has 3 aliphatic rings. The molecule has 1 aromatic heterocycles. The Balaban J connectivity index is 1.50. The van der Waals surface area contributed by atoms with Crippen molar-refractivity contribution < 1.29 is 24.7 Å². The van der Waals surface area contributed by atoms with Gasteiger partial charge in [0.15, 0.2) is 11.8 Å². The molecule has 0 amide bonds. The molecule has 0 bridgehead atoms. The molecule has 6 nitrogen and oxygen atoms in total. The Morgan fingerprint density at radius 2 is 2.03 bits per heavy atom. The van der Waals surface area contributed by atoms with E-state index in [1.54, 1.807) is 13.1 Å². The number of H-pyrrole nitrogens is 1. The van der Waals surface area contributed by atoms with Crippen LogP contribution < -0.4 is 4.90 Å². The third-order valence-corrected chi connectivity index (χ3v) is 7.39. The average Bonchev–Trinajstić information content (AvgIpc) is 3.31. The highest BCUT2D eigenvalue weighted by molar-refractivity contribution is 6.14. The van der Waals surface area contributed by atoms with Crippen LogP contribution in [0.3, 0.4) is 0 Å². The predicted molar refractivity (Wildman–Crippen MR) is 121 cm³/mol. The summed E-state index contributed by atoms with van der Waals surface area (Å²) in [5.41, 5.74) is 2.37. The van der Waals surface area contributed by atoms with Crippen molar-refractivity contribution in [2.24, 2.45) is 11.3 Å². The van der Waals surface area contributed by atoms with E-state index in [1.807, 2.05) is 42.6 Å². The minimum atomic E-state index is -1.14. The number of ketones is 1.